The van der Waals surface area contributed by atoms with Crippen LogP contribution in [0, 0.1) is 11.8 Å². The van der Waals surface area contributed by atoms with Crippen LogP contribution < -0.4 is 20.8 Å². The van der Waals surface area contributed by atoms with Gasteiger partial charge in [-0.1, -0.05) is 40.5 Å². The molecule has 0 amide bonds. The van der Waals surface area contributed by atoms with Crippen molar-refractivity contribution in [3.05, 3.63) is 6.33 Å². The third-order valence-electron chi connectivity index (χ3n) is 9.38. The normalized spacial score (nSPS) is 26.3. The van der Waals surface area contributed by atoms with Gasteiger partial charge in [0.15, 0.2) is 23.2 Å². The van der Waals surface area contributed by atoms with Gasteiger partial charge in [0, 0.05) is 13.1 Å². The summed E-state index contributed by atoms with van der Waals surface area (Å²) >= 11 is 0. The number of fused-ring (bicyclic) bond motifs is 1. The van der Waals surface area contributed by atoms with E-state index in [-0.39, 0.29) is 31.0 Å². The second kappa shape index (κ2) is 16.4. The molecule has 0 radical (unpaired) electrons. The van der Waals surface area contributed by atoms with E-state index in [0.29, 0.717) is 29.8 Å². The molecule has 8 atom stereocenters. The maximum absolute atomic E-state index is 14.7. The lowest BCUT2D eigenvalue weighted by molar-refractivity contribution is -0.147. The number of nitrogens with one attached hydrogen (secondary N) is 2. The molecular formula is C31H53N8O9P. The Balaban J connectivity index is 1.64. The Bertz CT molecular complexity index is 1450. The lowest BCUT2D eigenvalue weighted by Crippen LogP contribution is -2.49. The smallest absolute Gasteiger partial charge is 0.342 e. The van der Waals surface area contributed by atoms with Crippen LogP contribution in [0.25, 0.3) is 11.2 Å². The third-order valence-corrected chi connectivity index (χ3v) is 11.1. The number of aliphatic hydroxyl groups excluding tert-OH is 1. The highest BCUT2D eigenvalue weighted by Crippen LogP contribution is 2.45. The number of carbonyl (C=O) groups excluding carboxylic acids is 2. The molecule has 5 unspecified atom stereocenters. The zero-order valence-electron chi connectivity index (χ0n) is 29.5. The molecule has 49 heavy (non-hydrogen) atoms. The summed E-state index contributed by atoms with van der Waals surface area (Å²) in [6, 6.07) is -2.14. The number of hydrogen-bond donors (Lipinski definition) is 5. The molecule has 6 N–H and O–H groups in total. The van der Waals surface area contributed by atoms with E-state index in [1.807, 2.05) is 13.8 Å². The van der Waals surface area contributed by atoms with Crippen LogP contribution in [0.15, 0.2) is 6.33 Å². The van der Waals surface area contributed by atoms with Crippen molar-refractivity contribution in [1.82, 2.24) is 29.7 Å². The van der Waals surface area contributed by atoms with Gasteiger partial charge in [-0.15, -0.1) is 0 Å². The van der Waals surface area contributed by atoms with Crippen molar-refractivity contribution < 1.29 is 43.1 Å². The van der Waals surface area contributed by atoms with Gasteiger partial charge in [0.05, 0.1) is 26.1 Å². The number of nitrogens with zero attached hydrogens (tertiary/aromatic N) is 5. The molecule has 2 aromatic heterocycles. The summed E-state index contributed by atoms with van der Waals surface area (Å²) in [6.07, 6.45) is 0.547. The Labute approximate surface area is 287 Å². The van der Waals surface area contributed by atoms with Crippen molar-refractivity contribution in [1.29, 1.82) is 0 Å². The van der Waals surface area contributed by atoms with E-state index in [0.717, 1.165) is 25.9 Å². The Morgan fingerprint density at radius 1 is 1.06 bits per heavy atom. The van der Waals surface area contributed by atoms with Crippen LogP contribution in [-0.4, -0.2) is 104 Å². The Morgan fingerprint density at radius 3 is 2.12 bits per heavy atom. The number of anilines is 2. The highest BCUT2D eigenvalue weighted by Gasteiger charge is 2.54. The first-order valence-corrected chi connectivity index (χ1v) is 18.8. The minimum absolute atomic E-state index is 0.0160. The van der Waals surface area contributed by atoms with E-state index in [4.69, 9.17) is 24.5 Å². The van der Waals surface area contributed by atoms with E-state index < -0.39 is 62.3 Å². The number of carbonyl (C=O) groups is 2. The molecular weight excluding hydrogens is 659 g/mol. The summed E-state index contributed by atoms with van der Waals surface area (Å²) < 4.78 is 38.9. The minimum atomic E-state index is -4.32. The van der Waals surface area contributed by atoms with Crippen LogP contribution in [-0.2, 0) is 32.9 Å². The lowest BCUT2D eigenvalue weighted by Gasteiger charge is -2.32. The molecule has 17 nitrogen and oxygen atoms in total. The summed E-state index contributed by atoms with van der Waals surface area (Å²) in [5, 5.41) is 28.6. The fraction of sp³-hybridized carbons (Fsp3) is 0.774. The number of nitrogens with two attached hydrogens (primary N) is 1. The van der Waals surface area contributed by atoms with Gasteiger partial charge in [0.2, 0.25) is 5.95 Å². The summed E-state index contributed by atoms with van der Waals surface area (Å²) in [5.41, 5.74) is 4.96. The number of aromatic nitrogens is 4. The van der Waals surface area contributed by atoms with Crippen LogP contribution >= 0.6 is 7.67 Å². The molecule has 0 bridgehead atoms. The number of ether oxygens (including phenoxy) is 3. The lowest BCUT2D eigenvalue weighted by atomic mass is 9.96. The van der Waals surface area contributed by atoms with Crippen molar-refractivity contribution >= 4 is 42.5 Å². The number of nitrogen functional groups attached to an aromatic ring is 1. The number of hydrogen-bond acceptors (Lipinski definition) is 14. The van der Waals surface area contributed by atoms with Gasteiger partial charge in [-0.3, -0.25) is 18.7 Å². The fourth-order valence-electron chi connectivity index (χ4n) is 6.03. The molecule has 0 aliphatic carbocycles. The second-order valence-electron chi connectivity index (χ2n) is 13.0. The average Bonchev–Trinajstić information content (AvgIpc) is 3.80. The highest BCUT2D eigenvalue weighted by molar-refractivity contribution is 7.54. The standard InChI is InChI=1S/C31H53N8O9P/c1-8-18(5)21(27(41)45-10-3)36-49(44,37-22(19(6)9-2)28(42)46-11-4)47-16-20-24(40)31(7,43)29(48-20)39-17-33-23-25(38-14-12-13-15-38)34-30(32)35-26(23)39/h17-22,24,29,40,43H,8-16H2,1-7H3,(H2,32,34,35)(H2,36,37,44)/t18?,19?,20-,21+,22+,24?,29?,31?,49?/m1/s1. The molecule has 2 aromatic rings. The van der Waals surface area contributed by atoms with Gasteiger partial charge in [-0.05, 0) is 45.4 Å². The predicted molar refractivity (Wildman–Crippen MR) is 181 cm³/mol. The highest BCUT2D eigenvalue weighted by atomic mass is 31.2. The predicted octanol–water partition coefficient (Wildman–Crippen LogP) is 2.28. The van der Waals surface area contributed by atoms with Gasteiger partial charge in [0.1, 0.15) is 29.9 Å². The fourth-order valence-corrected chi connectivity index (χ4v) is 8.07. The Hall–Kier alpha value is -2.92. The van der Waals surface area contributed by atoms with Gasteiger partial charge in [-0.25, -0.2) is 15.2 Å². The molecule has 4 heterocycles. The first-order valence-electron chi connectivity index (χ1n) is 17.1. The molecule has 2 aliphatic rings. The molecule has 0 aromatic carbocycles. The number of imidazole rings is 1. The SMILES string of the molecule is CCOC(=O)[C@@H](NP(=O)(N[C@H](C(=O)OCC)C(C)CC)OC[C@H]1OC(n2cnc3c(N4CCCC4)nc(N)nc32)C(C)(O)C1O)C(C)CC. The quantitative estimate of drug-likeness (QED) is 0.117. The molecule has 0 saturated carbocycles. The maximum atomic E-state index is 14.7. The van der Waals surface area contributed by atoms with Gasteiger partial charge in [0.25, 0.3) is 0 Å². The summed E-state index contributed by atoms with van der Waals surface area (Å²) in [4.78, 5) is 41.4. The van der Waals surface area contributed by atoms with Crippen molar-refractivity contribution in [3.8, 4) is 0 Å². The zero-order chi connectivity index (χ0) is 36.1. The van der Waals surface area contributed by atoms with Gasteiger partial charge < -0.3 is 39.6 Å². The average molecular weight is 713 g/mol. The largest absolute Gasteiger partial charge is 0.465 e. The summed E-state index contributed by atoms with van der Waals surface area (Å²) in [5.74, 6) is -1.36. The van der Waals surface area contributed by atoms with E-state index in [9.17, 15) is 24.4 Å². The van der Waals surface area contributed by atoms with Crippen LogP contribution in [0.1, 0.15) is 80.4 Å². The molecule has 2 aliphatic heterocycles. The van der Waals surface area contributed by atoms with Crippen molar-refractivity contribution in [2.24, 2.45) is 11.8 Å². The summed E-state index contributed by atoms with van der Waals surface area (Å²) in [7, 11) is -4.32. The van der Waals surface area contributed by atoms with E-state index in [1.165, 1.54) is 17.8 Å². The molecule has 2 saturated heterocycles. The number of esters is 2. The third kappa shape index (κ3) is 8.52. The van der Waals surface area contributed by atoms with E-state index >= 15 is 0 Å². The second-order valence-corrected chi connectivity index (χ2v) is 14.8. The van der Waals surface area contributed by atoms with Gasteiger partial charge >= 0.3 is 19.6 Å². The van der Waals surface area contributed by atoms with E-state index in [1.54, 1.807) is 27.7 Å². The van der Waals surface area contributed by atoms with Crippen LogP contribution in [0.4, 0.5) is 11.8 Å². The van der Waals surface area contributed by atoms with Crippen molar-refractivity contribution in [2.75, 3.05) is 43.5 Å². The first kappa shape index (κ1) is 38.9. The van der Waals surface area contributed by atoms with Crippen molar-refractivity contribution in [3.63, 3.8) is 0 Å². The molecule has 2 fully saturated rings. The molecule has 18 heteroatoms. The topological polar surface area (TPSA) is 226 Å². The van der Waals surface area contributed by atoms with Crippen LogP contribution in [0.2, 0.25) is 0 Å². The van der Waals surface area contributed by atoms with Crippen LogP contribution in [0.3, 0.4) is 0 Å². The van der Waals surface area contributed by atoms with Crippen LogP contribution in [0.5, 0.6) is 0 Å². The molecule has 276 valence electrons. The Kier molecular flexibility index (Phi) is 13.0. The maximum Gasteiger partial charge on any atom is 0.342 e. The Morgan fingerprint density at radius 2 is 1.61 bits per heavy atom. The number of aliphatic hydroxyl groups is 2. The summed E-state index contributed by atoms with van der Waals surface area (Å²) in [6.45, 7) is 13.3. The zero-order valence-corrected chi connectivity index (χ0v) is 30.4. The molecule has 0 spiro atoms. The number of rotatable bonds is 17. The first-order chi connectivity index (χ1) is 23.2. The minimum Gasteiger partial charge on any atom is -0.465 e. The van der Waals surface area contributed by atoms with Gasteiger partial charge in [-0.2, -0.15) is 9.97 Å². The van der Waals surface area contributed by atoms with E-state index in [2.05, 4.69) is 30.0 Å². The monoisotopic (exact) mass is 712 g/mol. The molecule has 4 rings (SSSR count). The van der Waals surface area contributed by atoms with Crippen molar-refractivity contribution in [2.45, 2.75) is 110 Å².